The molecule has 1 fully saturated rings. The quantitative estimate of drug-likeness (QED) is 0.880. The number of carbonyl (C=O) groups excluding carboxylic acids is 1. The van der Waals surface area contributed by atoms with Gasteiger partial charge in [-0.05, 0) is 39.9 Å². The van der Waals surface area contributed by atoms with Gasteiger partial charge in [-0.15, -0.1) is 0 Å². The fraction of sp³-hybridized carbons (Fsp3) is 0.562. The molecule has 1 aliphatic heterocycles. The number of amides is 1. The third-order valence-electron chi connectivity index (χ3n) is 4.12. The van der Waals surface area contributed by atoms with Crippen LogP contribution in [-0.2, 0) is 11.2 Å². The molecule has 1 N–H and O–H groups in total. The van der Waals surface area contributed by atoms with Gasteiger partial charge < -0.3 is 9.80 Å². The lowest BCUT2D eigenvalue weighted by Crippen LogP contribution is -2.43. The lowest BCUT2D eigenvalue weighted by molar-refractivity contribution is -0.130. The standard InChI is InChI=1S/C16H25N3O/c1-12(18(3)4)11-19-13(2)17-15(16(19)20)10-14-8-6-5-7-9-14/h5-9,12-13,15,17H,10-11H2,1-4H3. The molecule has 1 aliphatic rings. The van der Waals surface area contributed by atoms with Crippen LogP contribution in [0.25, 0.3) is 0 Å². The highest BCUT2D eigenvalue weighted by Gasteiger charge is 2.36. The van der Waals surface area contributed by atoms with E-state index in [0.717, 1.165) is 13.0 Å². The first-order valence-electron chi connectivity index (χ1n) is 7.26. The minimum Gasteiger partial charge on any atom is -0.325 e. The Hall–Kier alpha value is -1.39. The van der Waals surface area contributed by atoms with Gasteiger partial charge in [0.1, 0.15) is 0 Å². The van der Waals surface area contributed by atoms with E-state index in [1.54, 1.807) is 0 Å². The fourth-order valence-corrected chi connectivity index (χ4v) is 2.54. The molecule has 3 atom stereocenters. The van der Waals surface area contributed by atoms with Crippen LogP contribution in [0, 0.1) is 0 Å². The minimum absolute atomic E-state index is 0.0956. The van der Waals surface area contributed by atoms with Gasteiger partial charge in [0.05, 0.1) is 12.2 Å². The van der Waals surface area contributed by atoms with Crippen molar-refractivity contribution in [1.29, 1.82) is 0 Å². The lowest BCUT2D eigenvalue weighted by atomic mass is 10.1. The summed E-state index contributed by atoms with van der Waals surface area (Å²) in [4.78, 5) is 16.6. The first-order valence-corrected chi connectivity index (χ1v) is 7.26. The molecule has 1 saturated heterocycles. The van der Waals surface area contributed by atoms with Gasteiger partial charge in [-0.2, -0.15) is 0 Å². The van der Waals surface area contributed by atoms with E-state index in [2.05, 4.69) is 36.2 Å². The van der Waals surface area contributed by atoms with E-state index in [0.29, 0.717) is 6.04 Å². The molecule has 0 radical (unpaired) electrons. The van der Waals surface area contributed by atoms with Crippen LogP contribution in [0.1, 0.15) is 19.4 Å². The van der Waals surface area contributed by atoms with E-state index >= 15 is 0 Å². The van der Waals surface area contributed by atoms with Crippen molar-refractivity contribution >= 4 is 5.91 Å². The molecule has 0 aliphatic carbocycles. The van der Waals surface area contributed by atoms with Crippen LogP contribution in [-0.4, -0.2) is 54.6 Å². The molecule has 20 heavy (non-hydrogen) atoms. The first kappa shape index (κ1) is 15.0. The fourth-order valence-electron chi connectivity index (χ4n) is 2.54. The average molecular weight is 275 g/mol. The molecular formula is C16H25N3O. The second-order valence-corrected chi connectivity index (χ2v) is 5.89. The van der Waals surface area contributed by atoms with Crippen molar-refractivity contribution in [3.63, 3.8) is 0 Å². The van der Waals surface area contributed by atoms with Crippen LogP contribution in [0.4, 0.5) is 0 Å². The van der Waals surface area contributed by atoms with Crippen molar-refractivity contribution in [1.82, 2.24) is 15.1 Å². The molecule has 110 valence electrons. The van der Waals surface area contributed by atoms with Crippen molar-refractivity contribution in [2.24, 2.45) is 0 Å². The largest absolute Gasteiger partial charge is 0.325 e. The van der Waals surface area contributed by atoms with E-state index in [1.807, 2.05) is 37.2 Å². The molecule has 4 nitrogen and oxygen atoms in total. The van der Waals surface area contributed by atoms with E-state index in [1.165, 1.54) is 5.56 Å². The number of likely N-dealkylation sites (N-methyl/N-ethyl adjacent to an activating group) is 1. The summed E-state index contributed by atoms with van der Waals surface area (Å²) in [6.45, 7) is 4.97. The maximum atomic E-state index is 12.5. The smallest absolute Gasteiger partial charge is 0.241 e. The number of carbonyl (C=O) groups is 1. The monoisotopic (exact) mass is 275 g/mol. The van der Waals surface area contributed by atoms with Gasteiger partial charge >= 0.3 is 0 Å². The Labute approximate surface area is 121 Å². The molecule has 1 amide bonds. The Kier molecular flexibility index (Phi) is 4.78. The van der Waals surface area contributed by atoms with E-state index < -0.39 is 0 Å². The van der Waals surface area contributed by atoms with E-state index in [9.17, 15) is 4.79 Å². The summed E-state index contributed by atoms with van der Waals surface area (Å²) in [5.41, 5.74) is 1.20. The number of nitrogens with one attached hydrogen (secondary N) is 1. The number of hydrogen-bond donors (Lipinski definition) is 1. The maximum absolute atomic E-state index is 12.5. The van der Waals surface area contributed by atoms with Crippen molar-refractivity contribution in [3.8, 4) is 0 Å². The summed E-state index contributed by atoms with van der Waals surface area (Å²) in [7, 11) is 4.09. The summed E-state index contributed by atoms with van der Waals surface area (Å²) in [5.74, 6) is 0.218. The zero-order valence-corrected chi connectivity index (χ0v) is 12.8. The molecule has 2 rings (SSSR count). The Bertz CT molecular complexity index is 446. The summed E-state index contributed by atoms with van der Waals surface area (Å²) in [6, 6.07) is 10.4. The van der Waals surface area contributed by atoms with Crippen molar-refractivity contribution < 1.29 is 4.79 Å². The summed E-state index contributed by atoms with van der Waals surface area (Å²) >= 11 is 0. The van der Waals surface area contributed by atoms with Crippen LogP contribution in [0.2, 0.25) is 0 Å². The van der Waals surface area contributed by atoms with Crippen molar-refractivity contribution in [2.75, 3.05) is 20.6 Å². The molecule has 3 unspecified atom stereocenters. The van der Waals surface area contributed by atoms with Crippen molar-refractivity contribution in [3.05, 3.63) is 35.9 Å². The topological polar surface area (TPSA) is 35.6 Å². The van der Waals surface area contributed by atoms with Gasteiger partial charge in [-0.25, -0.2) is 0 Å². The molecule has 1 aromatic carbocycles. The molecular weight excluding hydrogens is 250 g/mol. The molecule has 0 spiro atoms. The van der Waals surface area contributed by atoms with Crippen LogP contribution >= 0.6 is 0 Å². The summed E-state index contributed by atoms with van der Waals surface area (Å²) in [5, 5.41) is 3.40. The zero-order valence-electron chi connectivity index (χ0n) is 12.8. The van der Waals surface area contributed by atoms with Crippen LogP contribution in [0.3, 0.4) is 0 Å². The molecule has 4 heteroatoms. The Morgan fingerprint density at radius 2 is 1.95 bits per heavy atom. The second kappa shape index (κ2) is 6.37. The average Bonchev–Trinajstić information content (AvgIpc) is 2.67. The highest BCUT2D eigenvalue weighted by Crippen LogP contribution is 2.16. The van der Waals surface area contributed by atoms with E-state index in [-0.39, 0.29) is 18.1 Å². The molecule has 1 heterocycles. The second-order valence-electron chi connectivity index (χ2n) is 5.89. The van der Waals surface area contributed by atoms with Gasteiger partial charge in [0.15, 0.2) is 0 Å². The normalized spacial score (nSPS) is 24.4. The number of nitrogens with zero attached hydrogens (tertiary/aromatic N) is 2. The number of rotatable bonds is 5. The van der Waals surface area contributed by atoms with E-state index in [4.69, 9.17) is 0 Å². The number of benzene rings is 1. The summed E-state index contributed by atoms with van der Waals surface area (Å²) in [6.07, 6.45) is 0.871. The zero-order chi connectivity index (χ0) is 14.7. The van der Waals surface area contributed by atoms with Crippen molar-refractivity contribution in [2.45, 2.75) is 38.5 Å². The molecule has 0 saturated carbocycles. The van der Waals surface area contributed by atoms with Gasteiger partial charge in [0.25, 0.3) is 0 Å². The highest BCUT2D eigenvalue weighted by molar-refractivity contribution is 5.84. The third kappa shape index (κ3) is 3.38. The molecule has 0 aromatic heterocycles. The van der Waals surface area contributed by atoms with Gasteiger partial charge in [-0.3, -0.25) is 10.1 Å². The third-order valence-corrected chi connectivity index (χ3v) is 4.12. The minimum atomic E-state index is -0.0956. The van der Waals surface area contributed by atoms with Crippen LogP contribution < -0.4 is 5.32 Å². The lowest BCUT2D eigenvalue weighted by Gasteiger charge is -2.28. The summed E-state index contributed by atoms with van der Waals surface area (Å²) < 4.78 is 0. The Morgan fingerprint density at radius 3 is 2.55 bits per heavy atom. The Balaban J connectivity index is 1.99. The molecule has 0 bridgehead atoms. The predicted octanol–water partition coefficient (Wildman–Crippen LogP) is 1.33. The predicted molar refractivity (Wildman–Crippen MR) is 81.4 cm³/mol. The van der Waals surface area contributed by atoms with Gasteiger partial charge in [0, 0.05) is 12.6 Å². The maximum Gasteiger partial charge on any atom is 0.241 e. The highest BCUT2D eigenvalue weighted by atomic mass is 16.2. The molecule has 1 aromatic rings. The van der Waals surface area contributed by atoms with Crippen LogP contribution in [0.5, 0.6) is 0 Å². The van der Waals surface area contributed by atoms with Crippen LogP contribution in [0.15, 0.2) is 30.3 Å². The Morgan fingerprint density at radius 1 is 1.30 bits per heavy atom. The SMILES string of the molecule is CC(CN1C(=O)C(Cc2ccccc2)NC1C)N(C)C. The van der Waals surface area contributed by atoms with Gasteiger partial charge in [0.2, 0.25) is 5.91 Å². The number of hydrogen-bond acceptors (Lipinski definition) is 3. The first-order chi connectivity index (χ1) is 9.49. The van der Waals surface area contributed by atoms with Gasteiger partial charge in [-0.1, -0.05) is 30.3 Å².